The number of hydrogen-bond acceptors (Lipinski definition) is 12. The molecule has 3 aromatic carbocycles. The first-order valence-electron chi connectivity index (χ1n) is 27.0. The molecule has 12 heteroatoms. The molecule has 3 saturated carbocycles. The number of hydrogen-bond donors (Lipinski definition) is 6. The highest BCUT2D eigenvalue weighted by molar-refractivity contribution is 5.89. The summed E-state index contributed by atoms with van der Waals surface area (Å²) in [5.74, 6) is 3.80. The normalized spacial score (nSPS) is 28.8. The van der Waals surface area contributed by atoms with Gasteiger partial charge in [0.25, 0.3) is 0 Å². The number of phenols is 1. The Balaban J connectivity index is 1.18. The summed E-state index contributed by atoms with van der Waals surface area (Å²) in [4.78, 5) is 42.8. The summed E-state index contributed by atoms with van der Waals surface area (Å²) < 4.78 is 18.9. The molecule has 12 nitrogen and oxygen atoms in total. The maximum atomic E-state index is 15.3. The minimum absolute atomic E-state index is 0.0380. The lowest BCUT2D eigenvalue weighted by atomic mass is 9.66. The van der Waals surface area contributed by atoms with Gasteiger partial charge in [0.05, 0.1) is 36.8 Å². The van der Waals surface area contributed by atoms with Crippen LogP contribution in [-0.4, -0.2) is 85.9 Å². The summed E-state index contributed by atoms with van der Waals surface area (Å²) in [6, 6.07) is 15.2. The molecule has 0 spiro atoms. The van der Waals surface area contributed by atoms with Crippen molar-refractivity contribution in [1.82, 2.24) is 0 Å². The minimum atomic E-state index is -1.63. The summed E-state index contributed by atoms with van der Waals surface area (Å²) in [6.45, 7) is 4.06. The van der Waals surface area contributed by atoms with Crippen LogP contribution in [0.3, 0.4) is 0 Å². The van der Waals surface area contributed by atoms with E-state index in [0.717, 1.165) is 68.9 Å². The number of anilines is 1. The molecule has 0 aromatic heterocycles. The van der Waals surface area contributed by atoms with Crippen molar-refractivity contribution in [3.05, 3.63) is 99.1 Å². The second-order valence-corrected chi connectivity index (χ2v) is 22.3. The molecule has 8 atom stereocenters. The Labute approximate surface area is 424 Å². The SMILES string of the molecule is CCC[C@]1(O)[C@@H]2CCC(=O)[C@H](Cc3cccc(c3)C[C@H](O)/C=C3/C[C@@H](c4cc(CO)cc(NC[C@@](C)(O)CCOC5CCCC5)c4)C#C[C@H]4CC(=O)Oc5c4cc(c(O)c5C4CCCCC4)C[C@H]1OC3=O)C2. The fourth-order valence-corrected chi connectivity index (χ4v) is 12.7. The lowest BCUT2D eigenvalue weighted by Gasteiger charge is -2.45. The van der Waals surface area contributed by atoms with Crippen LogP contribution in [0.15, 0.2) is 60.2 Å². The summed E-state index contributed by atoms with van der Waals surface area (Å²) in [5, 5.41) is 63.5. The van der Waals surface area contributed by atoms with E-state index in [9.17, 15) is 35.1 Å². The lowest BCUT2D eigenvalue weighted by Crippen LogP contribution is -2.54. The molecule has 0 radical (unpaired) electrons. The number of benzene rings is 3. The third-order valence-electron chi connectivity index (χ3n) is 16.7. The molecule has 8 bridgehead atoms. The summed E-state index contributed by atoms with van der Waals surface area (Å²) in [5.41, 5.74) is 2.66. The van der Waals surface area contributed by atoms with E-state index in [4.69, 9.17) is 14.2 Å². The molecule has 0 saturated heterocycles. The van der Waals surface area contributed by atoms with Crippen LogP contribution in [0.5, 0.6) is 11.5 Å². The zero-order chi connectivity index (χ0) is 50.6. The highest BCUT2D eigenvalue weighted by Crippen LogP contribution is 2.51. The largest absolute Gasteiger partial charge is 0.507 e. The number of carbonyl (C=O) groups is 3. The monoisotopic (exact) mass is 986 g/mol. The number of aromatic hydroxyl groups is 1. The van der Waals surface area contributed by atoms with Gasteiger partial charge in [0.15, 0.2) is 0 Å². The first-order chi connectivity index (χ1) is 34.7. The highest BCUT2D eigenvalue weighted by atomic mass is 16.6. The Morgan fingerprint density at radius 1 is 0.875 bits per heavy atom. The maximum Gasteiger partial charge on any atom is 0.334 e. The van der Waals surface area contributed by atoms with Gasteiger partial charge in [-0.25, -0.2) is 4.79 Å². The Kier molecular flexibility index (Phi) is 16.3. The smallest absolute Gasteiger partial charge is 0.334 e. The molecule has 3 aliphatic carbocycles. The van der Waals surface area contributed by atoms with Crippen molar-refractivity contribution in [2.45, 2.75) is 196 Å². The van der Waals surface area contributed by atoms with Crippen molar-refractivity contribution >= 4 is 23.4 Å². The van der Waals surface area contributed by atoms with E-state index in [1.807, 2.05) is 55.5 Å². The Bertz CT molecular complexity index is 2560. The van der Waals surface area contributed by atoms with Crippen molar-refractivity contribution < 1.29 is 54.1 Å². The third-order valence-corrected chi connectivity index (χ3v) is 16.7. The molecule has 6 aliphatic rings. The molecule has 3 heterocycles. The van der Waals surface area contributed by atoms with Gasteiger partial charge in [-0.3, -0.25) is 9.59 Å². The van der Waals surface area contributed by atoms with Gasteiger partial charge >= 0.3 is 11.9 Å². The van der Waals surface area contributed by atoms with E-state index in [-0.39, 0.29) is 86.7 Å². The van der Waals surface area contributed by atoms with Gasteiger partial charge in [-0.2, -0.15) is 0 Å². The number of rotatable bonds is 12. The quantitative estimate of drug-likeness (QED) is 0.0574. The topological polar surface area (TPSA) is 192 Å². The van der Waals surface area contributed by atoms with E-state index in [1.165, 1.54) is 6.08 Å². The van der Waals surface area contributed by atoms with Crippen LogP contribution >= 0.6 is 0 Å². The second-order valence-electron chi connectivity index (χ2n) is 22.3. The first-order valence-corrected chi connectivity index (χ1v) is 27.0. The predicted octanol–water partition coefficient (Wildman–Crippen LogP) is 9.09. The van der Waals surface area contributed by atoms with Crippen molar-refractivity contribution in [1.29, 1.82) is 0 Å². The Morgan fingerprint density at radius 2 is 1.62 bits per heavy atom. The molecule has 3 aliphatic heterocycles. The summed E-state index contributed by atoms with van der Waals surface area (Å²) in [7, 11) is 0. The number of esters is 2. The van der Waals surface area contributed by atoms with Crippen LogP contribution < -0.4 is 10.1 Å². The molecule has 3 fully saturated rings. The summed E-state index contributed by atoms with van der Waals surface area (Å²) in [6.07, 6.45) is 11.1. The fourth-order valence-electron chi connectivity index (χ4n) is 12.7. The van der Waals surface area contributed by atoms with E-state index in [0.29, 0.717) is 78.0 Å². The number of aliphatic hydroxyl groups is 4. The van der Waals surface area contributed by atoms with Gasteiger partial charge < -0.3 is 45.1 Å². The lowest BCUT2D eigenvalue weighted by molar-refractivity contribution is -0.176. The van der Waals surface area contributed by atoms with E-state index >= 15 is 4.79 Å². The molecule has 72 heavy (non-hydrogen) atoms. The molecular weight excluding hydrogens is 911 g/mol. The number of fused-ring (bicyclic) bond motifs is 8. The predicted molar refractivity (Wildman–Crippen MR) is 274 cm³/mol. The summed E-state index contributed by atoms with van der Waals surface area (Å²) >= 11 is 0. The molecule has 6 N–H and O–H groups in total. The van der Waals surface area contributed by atoms with Gasteiger partial charge in [-0.1, -0.05) is 87.6 Å². The van der Waals surface area contributed by atoms with Crippen molar-refractivity contribution in [3.8, 4) is 23.3 Å². The van der Waals surface area contributed by atoms with Gasteiger partial charge in [0.2, 0.25) is 0 Å². The number of nitrogens with one attached hydrogen (secondary N) is 1. The van der Waals surface area contributed by atoms with Gasteiger partial charge in [-0.05, 0) is 129 Å². The zero-order valence-corrected chi connectivity index (χ0v) is 42.3. The Hall–Kier alpha value is -5.03. The maximum absolute atomic E-state index is 15.3. The highest BCUT2D eigenvalue weighted by Gasteiger charge is 2.49. The number of aliphatic hydroxyl groups excluding tert-OH is 2. The van der Waals surface area contributed by atoms with Crippen LogP contribution in [0.1, 0.15) is 180 Å². The molecule has 0 unspecified atom stereocenters. The zero-order valence-electron chi connectivity index (χ0n) is 42.3. The van der Waals surface area contributed by atoms with Crippen molar-refractivity contribution in [2.24, 2.45) is 11.8 Å². The minimum Gasteiger partial charge on any atom is -0.507 e. The van der Waals surface area contributed by atoms with Gasteiger partial charge in [-0.15, -0.1) is 0 Å². The van der Waals surface area contributed by atoms with Crippen molar-refractivity contribution in [2.75, 3.05) is 18.5 Å². The molecule has 3 aromatic rings. The van der Waals surface area contributed by atoms with Gasteiger partial charge in [0, 0.05) is 73.1 Å². The van der Waals surface area contributed by atoms with Crippen LogP contribution in [0.25, 0.3) is 0 Å². The molecule has 386 valence electrons. The van der Waals surface area contributed by atoms with Crippen LogP contribution in [-0.2, 0) is 49.7 Å². The number of phenolic OH excluding ortho intramolecular Hbond substituents is 1. The standard InChI is InChI=1S/C60H75NO11/c1-3-20-60(69)47-18-19-52(64)44(29-47)24-37-10-9-11-38(23-37)27-49(63)31-46-28-41(43-25-39(35-62)26-48(30-43)61-36-59(2,68)21-22-70-50-14-7-8-15-50)16-17-42-34-54(65)72-57-51(42)32-45(33-53(60)71-58(46)67)56(66)55(57)40-12-5-4-6-13-40/h9-11,23,25-26,30-32,40-42,44,47,49-50,53,61-63,66,68-69H,3-8,12-15,18-22,24,27-29,33-36H2,1-2H3/b46-31-/t41-,42-,44+,47+,49-,53+,59-,60-/m0/s1. The average Bonchev–Trinajstić information content (AvgIpc) is 3.88. The number of ether oxygens (including phenoxy) is 3. The molecule has 9 rings (SSSR count). The van der Waals surface area contributed by atoms with Crippen molar-refractivity contribution in [3.63, 3.8) is 0 Å². The Morgan fingerprint density at radius 3 is 2.39 bits per heavy atom. The van der Waals surface area contributed by atoms with E-state index < -0.39 is 53.1 Å². The van der Waals surface area contributed by atoms with Crippen LogP contribution in [0.2, 0.25) is 0 Å². The number of carbonyl (C=O) groups excluding carboxylic acids is 3. The van der Waals surface area contributed by atoms with Crippen LogP contribution in [0, 0.1) is 23.7 Å². The van der Waals surface area contributed by atoms with E-state index in [2.05, 4.69) is 17.2 Å². The number of ketones is 1. The molecule has 0 amide bonds. The fraction of sp³-hybridized carbons (Fsp3) is 0.583. The first kappa shape index (κ1) is 51.9. The number of Topliss-reactive ketones (excluding diaryl/α,β-unsaturated/α-hetero) is 1. The third kappa shape index (κ3) is 12.0. The van der Waals surface area contributed by atoms with Gasteiger partial charge in [0.1, 0.15) is 29.0 Å². The average molecular weight is 986 g/mol. The molecular formula is C60H75NO11. The van der Waals surface area contributed by atoms with Crippen LogP contribution in [0.4, 0.5) is 5.69 Å². The second kappa shape index (κ2) is 22.6. The van der Waals surface area contributed by atoms with E-state index in [1.54, 1.807) is 6.92 Å².